The summed E-state index contributed by atoms with van der Waals surface area (Å²) < 4.78 is 0. The van der Waals surface area contributed by atoms with Gasteiger partial charge in [0.15, 0.2) is 0 Å². The van der Waals surface area contributed by atoms with Crippen LogP contribution in [0, 0.1) is 0 Å². The quantitative estimate of drug-likeness (QED) is 0.732. The molecule has 0 bridgehead atoms. The van der Waals surface area contributed by atoms with Crippen LogP contribution in [0.4, 0.5) is 10.5 Å². The van der Waals surface area contributed by atoms with Crippen molar-refractivity contribution in [1.82, 2.24) is 5.32 Å². The predicted molar refractivity (Wildman–Crippen MR) is 78.0 cm³/mol. The summed E-state index contributed by atoms with van der Waals surface area (Å²) in [4.78, 5) is 11.9. The fourth-order valence-electron chi connectivity index (χ4n) is 2.55. The molecule has 1 aliphatic rings. The van der Waals surface area contributed by atoms with Crippen molar-refractivity contribution < 1.29 is 4.79 Å². The van der Waals surface area contributed by atoms with Crippen LogP contribution in [-0.4, -0.2) is 12.1 Å². The summed E-state index contributed by atoms with van der Waals surface area (Å²) in [5.74, 6) is 0. The monoisotopic (exact) mass is 261 g/mol. The molecular weight excluding hydrogens is 238 g/mol. The van der Waals surface area contributed by atoms with Crippen molar-refractivity contribution in [2.24, 2.45) is 5.73 Å². The van der Waals surface area contributed by atoms with Crippen LogP contribution < -0.4 is 16.4 Å². The zero-order chi connectivity index (χ0) is 13.5. The van der Waals surface area contributed by atoms with Crippen molar-refractivity contribution in [3.8, 4) is 0 Å². The maximum Gasteiger partial charge on any atom is 0.319 e. The molecule has 104 valence electrons. The van der Waals surface area contributed by atoms with Crippen LogP contribution in [-0.2, 0) is 6.54 Å². The third-order valence-corrected chi connectivity index (χ3v) is 3.61. The third-order valence-electron chi connectivity index (χ3n) is 3.61. The van der Waals surface area contributed by atoms with Gasteiger partial charge in [-0.05, 0) is 30.5 Å². The summed E-state index contributed by atoms with van der Waals surface area (Å²) in [6, 6.07) is 7.86. The molecule has 4 nitrogen and oxygen atoms in total. The number of anilines is 1. The fraction of sp³-hybridized carbons (Fsp3) is 0.533. The van der Waals surface area contributed by atoms with E-state index in [2.05, 4.69) is 10.6 Å². The number of rotatable bonds is 3. The number of nitrogens with two attached hydrogens (primary N) is 1. The summed E-state index contributed by atoms with van der Waals surface area (Å²) in [7, 11) is 0. The molecule has 0 saturated heterocycles. The average Bonchev–Trinajstić information content (AvgIpc) is 2.67. The van der Waals surface area contributed by atoms with Gasteiger partial charge in [-0.2, -0.15) is 0 Å². The van der Waals surface area contributed by atoms with Crippen molar-refractivity contribution >= 4 is 11.7 Å². The first-order valence-electron chi connectivity index (χ1n) is 7.14. The molecule has 0 aliphatic heterocycles. The molecule has 0 atom stereocenters. The minimum Gasteiger partial charge on any atom is -0.335 e. The Kier molecular flexibility index (Phi) is 5.21. The van der Waals surface area contributed by atoms with Crippen molar-refractivity contribution in [3.05, 3.63) is 29.8 Å². The molecule has 0 heterocycles. The Hall–Kier alpha value is -1.55. The Morgan fingerprint density at radius 3 is 2.63 bits per heavy atom. The van der Waals surface area contributed by atoms with Crippen LogP contribution in [0.5, 0.6) is 0 Å². The fourth-order valence-corrected chi connectivity index (χ4v) is 2.55. The lowest BCUT2D eigenvalue weighted by Crippen LogP contribution is -2.37. The molecule has 0 spiro atoms. The van der Waals surface area contributed by atoms with Gasteiger partial charge >= 0.3 is 6.03 Å². The molecule has 0 radical (unpaired) electrons. The van der Waals surface area contributed by atoms with Gasteiger partial charge in [0.1, 0.15) is 0 Å². The molecule has 2 amide bonds. The Morgan fingerprint density at radius 1 is 1.21 bits per heavy atom. The Bertz CT molecular complexity index is 412. The second kappa shape index (κ2) is 7.14. The number of amides is 2. The molecule has 1 aromatic rings. The zero-order valence-corrected chi connectivity index (χ0v) is 11.3. The van der Waals surface area contributed by atoms with E-state index >= 15 is 0 Å². The van der Waals surface area contributed by atoms with Crippen molar-refractivity contribution in [2.45, 2.75) is 51.1 Å². The van der Waals surface area contributed by atoms with E-state index in [0.717, 1.165) is 24.1 Å². The minimum atomic E-state index is -0.110. The topological polar surface area (TPSA) is 67.1 Å². The molecule has 19 heavy (non-hydrogen) atoms. The smallest absolute Gasteiger partial charge is 0.319 e. The van der Waals surface area contributed by atoms with Gasteiger partial charge in [-0.25, -0.2) is 4.79 Å². The van der Waals surface area contributed by atoms with Crippen LogP contribution >= 0.6 is 0 Å². The molecule has 1 fully saturated rings. The van der Waals surface area contributed by atoms with Gasteiger partial charge in [0, 0.05) is 18.3 Å². The standard InChI is InChI=1S/C15H23N3O/c16-11-12-6-5-9-14(10-12)18-15(19)17-13-7-3-1-2-4-8-13/h5-6,9-10,13H,1-4,7-8,11,16H2,(H2,17,18,19). The second-order valence-corrected chi connectivity index (χ2v) is 5.19. The van der Waals surface area contributed by atoms with Gasteiger partial charge in [-0.15, -0.1) is 0 Å². The number of carbonyl (C=O) groups is 1. The first-order chi connectivity index (χ1) is 9.28. The maximum atomic E-state index is 11.9. The van der Waals surface area contributed by atoms with Crippen LogP contribution in [0.1, 0.15) is 44.1 Å². The Balaban J connectivity index is 1.85. The summed E-state index contributed by atoms with van der Waals surface area (Å²) in [5.41, 5.74) is 7.41. The number of nitrogens with one attached hydrogen (secondary N) is 2. The highest BCUT2D eigenvalue weighted by molar-refractivity contribution is 5.89. The van der Waals surface area contributed by atoms with Gasteiger partial charge < -0.3 is 16.4 Å². The second-order valence-electron chi connectivity index (χ2n) is 5.19. The van der Waals surface area contributed by atoms with Crippen LogP contribution in [0.25, 0.3) is 0 Å². The maximum absolute atomic E-state index is 11.9. The lowest BCUT2D eigenvalue weighted by Gasteiger charge is -2.17. The van der Waals surface area contributed by atoms with Crippen LogP contribution in [0.2, 0.25) is 0 Å². The third kappa shape index (κ3) is 4.56. The van der Waals surface area contributed by atoms with E-state index in [1.54, 1.807) is 0 Å². The van der Waals surface area contributed by atoms with Crippen LogP contribution in [0.3, 0.4) is 0 Å². The average molecular weight is 261 g/mol. The van der Waals surface area contributed by atoms with Gasteiger partial charge in [-0.3, -0.25) is 0 Å². The van der Waals surface area contributed by atoms with Crippen molar-refractivity contribution in [2.75, 3.05) is 5.32 Å². The summed E-state index contributed by atoms with van der Waals surface area (Å²) in [6.45, 7) is 0.486. The van der Waals surface area contributed by atoms with Gasteiger partial charge in [-0.1, -0.05) is 37.8 Å². The highest BCUT2D eigenvalue weighted by atomic mass is 16.2. The molecule has 1 saturated carbocycles. The minimum absolute atomic E-state index is 0.110. The predicted octanol–water partition coefficient (Wildman–Crippen LogP) is 2.99. The zero-order valence-electron chi connectivity index (χ0n) is 11.3. The molecule has 4 N–H and O–H groups in total. The van der Waals surface area contributed by atoms with E-state index in [4.69, 9.17) is 5.73 Å². The van der Waals surface area contributed by atoms with Crippen LogP contribution in [0.15, 0.2) is 24.3 Å². The van der Waals surface area contributed by atoms with E-state index in [0.29, 0.717) is 12.6 Å². The molecule has 4 heteroatoms. The normalized spacial score (nSPS) is 16.7. The van der Waals surface area contributed by atoms with E-state index < -0.39 is 0 Å². The lowest BCUT2D eigenvalue weighted by molar-refractivity contribution is 0.247. The number of hydrogen-bond acceptors (Lipinski definition) is 2. The number of carbonyl (C=O) groups excluding carboxylic acids is 1. The molecule has 1 aromatic carbocycles. The van der Waals surface area contributed by atoms with Gasteiger partial charge in [0.05, 0.1) is 0 Å². The van der Waals surface area contributed by atoms with Gasteiger partial charge in [0.25, 0.3) is 0 Å². The molecule has 0 aromatic heterocycles. The van der Waals surface area contributed by atoms with E-state index in [1.807, 2.05) is 24.3 Å². The molecular formula is C15H23N3O. The molecule has 0 unspecified atom stereocenters. The molecule has 2 rings (SSSR count). The Labute approximate surface area is 114 Å². The molecule has 1 aliphatic carbocycles. The number of benzene rings is 1. The Morgan fingerprint density at radius 2 is 1.95 bits per heavy atom. The highest BCUT2D eigenvalue weighted by Crippen LogP contribution is 2.17. The SMILES string of the molecule is NCc1cccc(NC(=O)NC2CCCCCC2)c1. The van der Waals surface area contributed by atoms with E-state index in [-0.39, 0.29) is 6.03 Å². The summed E-state index contributed by atoms with van der Waals surface area (Å²) in [5, 5.41) is 5.94. The first kappa shape index (κ1) is 13.9. The number of urea groups is 1. The van der Waals surface area contributed by atoms with E-state index in [9.17, 15) is 4.79 Å². The summed E-state index contributed by atoms with van der Waals surface area (Å²) in [6.07, 6.45) is 7.20. The largest absolute Gasteiger partial charge is 0.335 e. The first-order valence-corrected chi connectivity index (χ1v) is 7.14. The van der Waals surface area contributed by atoms with Gasteiger partial charge in [0.2, 0.25) is 0 Å². The van der Waals surface area contributed by atoms with E-state index in [1.165, 1.54) is 25.7 Å². The highest BCUT2D eigenvalue weighted by Gasteiger charge is 2.14. The van der Waals surface area contributed by atoms with Crippen molar-refractivity contribution in [1.29, 1.82) is 0 Å². The lowest BCUT2D eigenvalue weighted by atomic mass is 10.1. The van der Waals surface area contributed by atoms with Crippen molar-refractivity contribution in [3.63, 3.8) is 0 Å². The number of hydrogen-bond donors (Lipinski definition) is 3. The summed E-state index contributed by atoms with van der Waals surface area (Å²) >= 11 is 0.